The Balaban J connectivity index is 1.12. The van der Waals surface area contributed by atoms with Crippen LogP contribution in [-0.2, 0) is 0 Å². The molecule has 0 N–H and O–H groups in total. The minimum atomic E-state index is 0.632. The molecule has 0 amide bonds. The van der Waals surface area contributed by atoms with E-state index in [9.17, 15) is 0 Å². The highest BCUT2D eigenvalue weighted by Crippen LogP contribution is 2.47. The van der Waals surface area contributed by atoms with Crippen molar-refractivity contribution in [3.63, 3.8) is 0 Å². The zero-order valence-electron chi connectivity index (χ0n) is 35.1. The van der Waals surface area contributed by atoms with Crippen molar-refractivity contribution < 1.29 is 0 Å². The molecule has 3 heterocycles. The van der Waals surface area contributed by atoms with Crippen molar-refractivity contribution >= 4 is 65.0 Å². The zero-order valence-corrected chi connectivity index (χ0v) is 35.1. The number of aromatic nitrogens is 5. The summed E-state index contributed by atoms with van der Waals surface area (Å²) < 4.78 is 2.51. The Hall–Kier alpha value is -8.80. The number of nitrogens with zero attached hydrogens (tertiary/aromatic N) is 5. The molecule has 0 saturated heterocycles. The van der Waals surface area contributed by atoms with E-state index in [0.717, 1.165) is 82.9 Å². The molecule has 0 aliphatic rings. The third-order valence-electron chi connectivity index (χ3n) is 12.8. The van der Waals surface area contributed by atoms with Gasteiger partial charge in [-0.2, -0.15) is 0 Å². The van der Waals surface area contributed by atoms with E-state index >= 15 is 0 Å². The number of hydrogen-bond acceptors (Lipinski definition) is 4. The van der Waals surface area contributed by atoms with E-state index in [1.54, 1.807) is 0 Å². The van der Waals surface area contributed by atoms with Crippen LogP contribution in [0.4, 0.5) is 0 Å². The second kappa shape index (κ2) is 14.9. The van der Waals surface area contributed by atoms with Crippen molar-refractivity contribution in [2.75, 3.05) is 0 Å². The van der Waals surface area contributed by atoms with Gasteiger partial charge in [0.1, 0.15) is 0 Å². The predicted octanol–water partition coefficient (Wildman–Crippen LogP) is 15.3. The van der Waals surface area contributed by atoms with Crippen molar-refractivity contribution in [3.05, 3.63) is 224 Å². The van der Waals surface area contributed by atoms with Crippen molar-refractivity contribution in [2.45, 2.75) is 0 Å². The third kappa shape index (κ3) is 5.94. The van der Waals surface area contributed by atoms with Crippen LogP contribution in [0.1, 0.15) is 0 Å². The highest BCUT2D eigenvalue weighted by atomic mass is 15.0. The summed E-state index contributed by atoms with van der Waals surface area (Å²) in [7, 11) is 0. The van der Waals surface area contributed by atoms with Gasteiger partial charge in [-0.1, -0.05) is 200 Å². The Labute approximate surface area is 374 Å². The molecule has 13 rings (SSSR count). The van der Waals surface area contributed by atoms with E-state index < -0.39 is 0 Å². The highest BCUT2D eigenvalue weighted by Gasteiger charge is 2.24. The van der Waals surface area contributed by atoms with Crippen LogP contribution >= 0.6 is 0 Å². The van der Waals surface area contributed by atoms with Gasteiger partial charge in [0.15, 0.2) is 17.5 Å². The summed E-state index contributed by atoms with van der Waals surface area (Å²) in [4.78, 5) is 20.6. The summed E-state index contributed by atoms with van der Waals surface area (Å²) in [5, 5.41) is 10.4. The molecule has 3 aromatic heterocycles. The molecule has 0 fully saturated rings. The molecule has 0 spiro atoms. The minimum absolute atomic E-state index is 0.632. The second-order valence-corrected chi connectivity index (χ2v) is 16.5. The van der Waals surface area contributed by atoms with Gasteiger partial charge in [-0.25, -0.2) is 19.9 Å². The van der Waals surface area contributed by atoms with E-state index in [0.29, 0.717) is 17.5 Å². The molecular weight excluding hydrogens is 791 g/mol. The molecule has 0 unspecified atom stereocenters. The van der Waals surface area contributed by atoms with Crippen molar-refractivity contribution in [3.8, 4) is 62.2 Å². The van der Waals surface area contributed by atoms with Crippen LogP contribution in [0, 0.1) is 0 Å². The van der Waals surface area contributed by atoms with Gasteiger partial charge >= 0.3 is 0 Å². The van der Waals surface area contributed by atoms with Crippen LogP contribution in [-0.4, -0.2) is 24.5 Å². The van der Waals surface area contributed by atoms with Gasteiger partial charge < -0.3 is 4.57 Å². The number of pyridine rings is 1. The zero-order chi connectivity index (χ0) is 42.8. The molecule has 302 valence electrons. The van der Waals surface area contributed by atoms with Crippen molar-refractivity contribution in [2.24, 2.45) is 0 Å². The first kappa shape index (κ1) is 36.8. The minimum Gasteiger partial charge on any atom is -0.308 e. The second-order valence-electron chi connectivity index (χ2n) is 16.5. The Morgan fingerprint density at radius 3 is 1.55 bits per heavy atom. The summed E-state index contributed by atoms with van der Waals surface area (Å²) in [5.74, 6) is 1.91. The first-order valence-electron chi connectivity index (χ1n) is 22.0. The van der Waals surface area contributed by atoms with E-state index in [1.807, 2.05) is 36.4 Å². The normalized spacial score (nSPS) is 11.7. The lowest BCUT2D eigenvalue weighted by Gasteiger charge is -2.15. The summed E-state index contributed by atoms with van der Waals surface area (Å²) in [5.41, 5.74) is 11.6. The smallest absolute Gasteiger partial charge is 0.164 e. The fraction of sp³-hybridized carbons (Fsp3) is 0. The Bertz CT molecular complexity index is 3930. The van der Waals surface area contributed by atoms with Crippen LogP contribution < -0.4 is 0 Å². The summed E-state index contributed by atoms with van der Waals surface area (Å²) in [6, 6.07) is 79.3. The first-order chi connectivity index (χ1) is 32.3. The number of rotatable bonds is 6. The van der Waals surface area contributed by atoms with E-state index in [1.165, 1.54) is 26.9 Å². The lowest BCUT2D eigenvalue weighted by atomic mass is 9.91. The summed E-state index contributed by atoms with van der Waals surface area (Å²) in [6.45, 7) is 0. The molecule has 5 nitrogen and oxygen atoms in total. The number of benzene rings is 10. The van der Waals surface area contributed by atoms with Gasteiger partial charge in [-0.15, -0.1) is 0 Å². The predicted molar refractivity (Wildman–Crippen MR) is 269 cm³/mol. The maximum atomic E-state index is 5.34. The topological polar surface area (TPSA) is 56.5 Å². The molecule has 5 heteroatoms. The van der Waals surface area contributed by atoms with Crippen LogP contribution in [0.25, 0.3) is 127 Å². The molecule has 13 aromatic rings. The summed E-state index contributed by atoms with van der Waals surface area (Å²) in [6.07, 6.45) is 0. The summed E-state index contributed by atoms with van der Waals surface area (Å²) >= 11 is 0. The molecule has 65 heavy (non-hydrogen) atoms. The van der Waals surface area contributed by atoms with Crippen molar-refractivity contribution in [1.82, 2.24) is 24.5 Å². The fourth-order valence-corrected chi connectivity index (χ4v) is 9.94. The van der Waals surface area contributed by atoms with Crippen LogP contribution in [0.15, 0.2) is 224 Å². The largest absolute Gasteiger partial charge is 0.308 e. The van der Waals surface area contributed by atoms with E-state index in [2.05, 4.69) is 193 Å². The molecule has 10 aromatic carbocycles. The Morgan fingerprint density at radius 1 is 0.292 bits per heavy atom. The lowest BCUT2D eigenvalue weighted by molar-refractivity contribution is 1.08. The van der Waals surface area contributed by atoms with Crippen LogP contribution in [0.2, 0.25) is 0 Å². The SMILES string of the molecule is c1ccc(-c2nc(-c3ccccc3)nc(-c3ccc(-c4cccc5c4c4ccc6c(-c7ccccc7)nc7ccccc7c6c4n5-c4cccc5ccccc45)c4ccccc34)n2)cc1. The number of hydrogen-bond donors (Lipinski definition) is 0. The van der Waals surface area contributed by atoms with E-state index in [4.69, 9.17) is 19.9 Å². The molecular formula is C60H37N5. The fourth-order valence-electron chi connectivity index (χ4n) is 9.94. The van der Waals surface area contributed by atoms with Gasteiger partial charge in [-0.05, 0) is 51.6 Å². The molecule has 0 bridgehead atoms. The quantitative estimate of drug-likeness (QED) is 0.157. The number of fused-ring (bicyclic) bond motifs is 9. The van der Waals surface area contributed by atoms with E-state index in [-0.39, 0.29) is 0 Å². The molecule has 0 atom stereocenters. The average molecular weight is 828 g/mol. The number of para-hydroxylation sites is 1. The average Bonchev–Trinajstić information content (AvgIpc) is 3.73. The first-order valence-corrected chi connectivity index (χ1v) is 22.0. The van der Waals surface area contributed by atoms with Gasteiger partial charge in [0, 0.05) is 54.6 Å². The van der Waals surface area contributed by atoms with Crippen LogP contribution in [0.3, 0.4) is 0 Å². The monoisotopic (exact) mass is 827 g/mol. The lowest BCUT2D eigenvalue weighted by Crippen LogP contribution is -2.00. The molecule has 0 aliphatic carbocycles. The highest BCUT2D eigenvalue weighted by molar-refractivity contribution is 6.29. The molecule has 0 radical (unpaired) electrons. The van der Waals surface area contributed by atoms with Gasteiger partial charge in [0.25, 0.3) is 0 Å². The van der Waals surface area contributed by atoms with Gasteiger partial charge in [0.2, 0.25) is 0 Å². The third-order valence-corrected chi connectivity index (χ3v) is 12.8. The van der Waals surface area contributed by atoms with Gasteiger partial charge in [0.05, 0.1) is 27.9 Å². The standard InChI is InChI=1S/C60H37N5/c1-4-19-39(20-5-1)56-49-36-37-50-54-46(30-17-33-53(54)65(52-32-16-25-38-18-10-11-26-42(38)52)57(50)55(49)48-29-14-15-31-51(48)61-56)45-34-35-47(44-28-13-12-27-43(44)45)60-63-58(40-21-6-2-7-22-40)62-59(64-60)41-23-8-3-9-24-41/h1-37H. The maximum absolute atomic E-state index is 5.34. The molecule has 0 aliphatic heterocycles. The maximum Gasteiger partial charge on any atom is 0.164 e. The molecule has 0 saturated carbocycles. The Kier molecular flexibility index (Phi) is 8.46. The van der Waals surface area contributed by atoms with Crippen molar-refractivity contribution in [1.29, 1.82) is 0 Å². The Morgan fingerprint density at radius 2 is 0.831 bits per heavy atom. The van der Waals surface area contributed by atoms with Gasteiger partial charge in [-0.3, -0.25) is 0 Å². The van der Waals surface area contributed by atoms with Crippen LogP contribution in [0.5, 0.6) is 0 Å².